The number of nitriles is 2. The number of Topliss-reactive ketones (excluding diaryl/α,β-unsaturated/α-hetero) is 2. The minimum absolute atomic E-state index is 0.00726. The van der Waals surface area contributed by atoms with Gasteiger partial charge >= 0.3 is 11.9 Å². The van der Waals surface area contributed by atoms with E-state index in [4.69, 9.17) is 18.9 Å². The van der Waals surface area contributed by atoms with Gasteiger partial charge in [-0.05, 0) is 72.8 Å². The fourth-order valence-corrected chi connectivity index (χ4v) is 6.92. The lowest BCUT2D eigenvalue weighted by Crippen LogP contribution is -2.44. The summed E-state index contributed by atoms with van der Waals surface area (Å²) in [5, 5.41) is 20.8. The Labute approximate surface area is 336 Å². The standard InChI is InChI=1S/C43H32N4O12/c1-56-35-9-5-3-7-29(35)33(48)21-58-41(54)25-11-15-27(16-12-25)46-37(50)19-31(39(46)52)43(23-44,24-45)32-20-38(51)47(40(32)53)28-17-13-26(14-18-28)42(55)59-22-34(49)30-8-4-6-10-36(30)57-2/h3-18,31-32H,19-22H2,1-2H3. The highest BCUT2D eigenvalue weighted by molar-refractivity contribution is 6.24. The van der Waals surface area contributed by atoms with Crippen molar-refractivity contribution in [3.05, 3.63) is 119 Å². The summed E-state index contributed by atoms with van der Waals surface area (Å²) in [4.78, 5) is 106. The quantitative estimate of drug-likeness (QED) is 0.0986. The van der Waals surface area contributed by atoms with Crippen LogP contribution in [-0.4, -0.2) is 74.6 Å². The largest absolute Gasteiger partial charge is 0.496 e. The van der Waals surface area contributed by atoms with Crippen LogP contribution in [0.25, 0.3) is 0 Å². The molecule has 2 fully saturated rings. The second kappa shape index (κ2) is 17.0. The van der Waals surface area contributed by atoms with Gasteiger partial charge in [0.15, 0.2) is 18.6 Å². The molecule has 2 heterocycles. The number of nitrogens with zero attached hydrogens (tertiary/aromatic N) is 4. The summed E-state index contributed by atoms with van der Waals surface area (Å²) in [6.45, 7) is -1.18. The number of anilines is 2. The Hall–Kier alpha value is -7.98. The number of carbonyl (C=O) groups excluding carboxylic acids is 8. The topological polar surface area (TPSA) is 228 Å². The van der Waals surface area contributed by atoms with E-state index in [1.54, 1.807) is 48.5 Å². The van der Waals surface area contributed by atoms with Gasteiger partial charge in [-0.3, -0.25) is 38.6 Å². The highest BCUT2D eigenvalue weighted by Crippen LogP contribution is 2.47. The number of para-hydroxylation sites is 2. The first kappa shape index (κ1) is 40.7. The van der Waals surface area contributed by atoms with Gasteiger partial charge in [0, 0.05) is 12.8 Å². The van der Waals surface area contributed by atoms with Crippen LogP contribution >= 0.6 is 0 Å². The predicted molar refractivity (Wildman–Crippen MR) is 203 cm³/mol. The fourth-order valence-electron chi connectivity index (χ4n) is 6.92. The number of esters is 2. The highest BCUT2D eigenvalue weighted by atomic mass is 16.5. The molecule has 0 aromatic heterocycles. The van der Waals surface area contributed by atoms with Crippen LogP contribution in [0.2, 0.25) is 0 Å². The van der Waals surface area contributed by atoms with Crippen LogP contribution in [0.15, 0.2) is 97.1 Å². The molecule has 4 aromatic carbocycles. The Balaban J connectivity index is 1.12. The summed E-state index contributed by atoms with van der Waals surface area (Å²) < 4.78 is 20.6. The Kier molecular flexibility index (Phi) is 11.7. The number of ketones is 2. The molecule has 4 amide bonds. The van der Waals surface area contributed by atoms with Crippen molar-refractivity contribution >= 4 is 58.5 Å². The third-order valence-electron chi connectivity index (χ3n) is 9.97. The third kappa shape index (κ3) is 7.75. The van der Waals surface area contributed by atoms with Crippen LogP contribution in [0.3, 0.4) is 0 Å². The summed E-state index contributed by atoms with van der Waals surface area (Å²) in [7, 11) is 2.79. The van der Waals surface area contributed by atoms with Gasteiger partial charge in [-0.1, -0.05) is 24.3 Å². The molecule has 59 heavy (non-hydrogen) atoms. The van der Waals surface area contributed by atoms with Gasteiger partial charge in [-0.15, -0.1) is 0 Å². The summed E-state index contributed by atoms with van der Waals surface area (Å²) in [5.74, 6) is -8.98. The minimum atomic E-state index is -2.45. The Morgan fingerprint density at radius 1 is 0.593 bits per heavy atom. The minimum Gasteiger partial charge on any atom is -0.496 e. The zero-order valence-corrected chi connectivity index (χ0v) is 31.4. The molecule has 2 unspecified atom stereocenters. The number of carbonyl (C=O) groups is 8. The van der Waals surface area contributed by atoms with E-state index in [-0.39, 0.29) is 33.6 Å². The maximum absolute atomic E-state index is 13.9. The van der Waals surface area contributed by atoms with Gasteiger partial charge < -0.3 is 18.9 Å². The summed E-state index contributed by atoms with van der Waals surface area (Å²) in [5.41, 5.74) is -2.06. The number of hydrogen-bond acceptors (Lipinski definition) is 14. The first-order valence-electron chi connectivity index (χ1n) is 17.8. The van der Waals surface area contributed by atoms with Crippen molar-refractivity contribution < 1.29 is 57.3 Å². The summed E-state index contributed by atoms with van der Waals surface area (Å²) in [6.07, 6.45) is -1.27. The van der Waals surface area contributed by atoms with Crippen LogP contribution < -0.4 is 19.3 Å². The van der Waals surface area contributed by atoms with E-state index in [2.05, 4.69) is 0 Å². The second-order valence-corrected chi connectivity index (χ2v) is 13.2. The van der Waals surface area contributed by atoms with E-state index in [9.17, 15) is 48.9 Å². The van der Waals surface area contributed by atoms with Crippen molar-refractivity contribution in [1.82, 2.24) is 0 Å². The van der Waals surface area contributed by atoms with Crippen molar-refractivity contribution in [2.45, 2.75) is 12.8 Å². The zero-order chi connectivity index (χ0) is 42.4. The number of benzene rings is 4. The Morgan fingerprint density at radius 3 is 1.29 bits per heavy atom. The van der Waals surface area contributed by atoms with E-state index in [0.29, 0.717) is 11.5 Å². The number of imide groups is 2. The van der Waals surface area contributed by atoms with E-state index < -0.39 is 90.4 Å². The molecule has 2 atom stereocenters. The van der Waals surface area contributed by atoms with E-state index in [1.165, 1.54) is 74.9 Å². The summed E-state index contributed by atoms with van der Waals surface area (Å²) in [6, 6.07) is 26.4. The van der Waals surface area contributed by atoms with Crippen molar-refractivity contribution in [3.8, 4) is 23.6 Å². The normalized spacial score (nSPS) is 16.3. The van der Waals surface area contributed by atoms with Crippen LogP contribution in [-0.2, 0) is 28.7 Å². The van der Waals surface area contributed by atoms with E-state index >= 15 is 0 Å². The molecule has 296 valence electrons. The molecule has 0 N–H and O–H groups in total. The molecule has 0 saturated carbocycles. The smallest absolute Gasteiger partial charge is 0.338 e. The molecule has 2 aliphatic rings. The van der Waals surface area contributed by atoms with Crippen LogP contribution in [0.4, 0.5) is 11.4 Å². The molecule has 6 rings (SSSR count). The number of methoxy groups -OCH3 is 2. The average molecular weight is 797 g/mol. The third-order valence-corrected chi connectivity index (χ3v) is 9.97. The maximum atomic E-state index is 13.9. The Morgan fingerprint density at radius 2 is 0.949 bits per heavy atom. The molecule has 0 aliphatic carbocycles. The van der Waals surface area contributed by atoms with Gasteiger partial charge in [0.1, 0.15) is 11.5 Å². The summed E-state index contributed by atoms with van der Waals surface area (Å²) >= 11 is 0. The molecule has 16 heteroatoms. The SMILES string of the molecule is COc1ccccc1C(=O)COC(=O)c1ccc(N2C(=O)CC(C(C#N)(C#N)C3CC(=O)N(c4ccc(C(=O)OCC(=O)c5ccccc5OC)cc4)C3=O)C2=O)cc1. The first-order chi connectivity index (χ1) is 28.4. The monoisotopic (exact) mass is 796 g/mol. The molecule has 16 nitrogen and oxygen atoms in total. The van der Waals surface area contributed by atoms with Gasteiger partial charge in [0.25, 0.3) is 0 Å². The first-order valence-corrected chi connectivity index (χ1v) is 17.8. The predicted octanol–water partition coefficient (Wildman–Crippen LogP) is 4.28. The molecular weight excluding hydrogens is 764 g/mol. The van der Waals surface area contributed by atoms with Crippen molar-refractivity contribution in [2.75, 3.05) is 37.2 Å². The number of ether oxygens (including phenoxy) is 4. The molecular formula is C43H32N4O12. The van der Waals surface area contributed by atoms with Crippen LogP contribution in [0, 0.1) is 39.9 Å². The molecule has 4 aromatic rings. The van der Waals surface area contributed by atoms with Crippen molar-refractivity contribution in [3.63, 3.8) is 0 Å². The van der Waals surface area contributed by atoms with Crippen LogP contribution in [0.1, 0.15) is 54.3 Å². The van der Waals surface area contributed by atoms with Gasteiger partial charge in [-0.25, -0.2) is 9.59 Å². The number of rotatable bonds is 14. The zero-order valence-electron chi connectivity index (χ0n) is 31.4. The highest BCUT2D eigenvalue weighted by Gasteiger charge is 2.62. The molecule has 0 bridgehead atoms. The maximum Gasteiger partial charge on any atom is 0.338 e. The van der Waals surface area contributed by atoms with Crippen molar-refractivity contribution in [2.24, 2.45) is 17.3 Å². The molecule has 2 saturated heterocycles. The van der Waals surface area contributed by atoms with Gasteiger partial charge in [-0.2, -0.15) is 10.5 Å². The lowest BCUT2D eigenvalue weighted by molar-refractivity contribution is -0.126. The van der Waals surface area contributed by atoms with Crippen molar-refractivity contribution in [1.29, 1.82) is 10.5 Å². The van der Waals surface area contributed by atoms with E-state index in [0.717, 1.165) is 9.80 Å². The number of amides is 4. The second-order valence-electron chi connectivity index (χ2n) is 13.2. The molecule has 0 radical (unpaired) electrons. The lowest BCUT2D eigenvalue weighted by atomic mass is 9.67. The van der Waals surface area contributed by atoms with E-state index in [1.807, 2.05) is 0 Å². The van der Waals surface area contributed by atoms with Gasteiger partial charge in [0.2, 0.25) is 35.2 Å². The van der Waals surface area contributed by atoms with Gasteiger partial charge in [0.05, 0.1) is 71.8 Å². The molecule has 2 aliphatic heterocycles. The Bertz CT molecular complexity index is 2310. The fraction of sp³-hybridized carbons (Fsp3) is 0.209. The van der Waals surface area contributed by atoms with Crippen LogP contribution in [0.5, 0.6) is 11.5 Å². The lowest BCUT2D eigenvalue weighted by Gasteiger charge is -2.28. The molecule has 0 spiro atoms. The average Bonchev–Trinajstić information content (AvgIpc) is 3.74. The number of hydrogen-bond donors (Lipinski definition) is 0.